The van der Waals surface area contributed by atoms with Crippen LogP contribution in [0.2, 0.25) is 0 Å². The Balaban J connectivity index is 1.62. The summed E-state index contributed by atoms with van der Waals surface area (Å²) in [5, 5.41) is 8.50. The largest absolute Gasteiger partial charge is 0.493 e. The Kier molecular flexibility index (Phi) is 5.71. The van der Waals surface area contributed by atoms with Crippen LogP contribution in [0.5, 0.6) is 17.2 Å². The van der Waals surface area contributed by atoms with E-state index >= 15 is 0 Å². The molecule has 6 heteroatoms. The van der Waals surface area contributed by atoms with Gasteiger partial charge in [0.05, 0.1) is 39.3 Å². The van der Waals surface area contributed by atoms with Crippen molar-refractivity contribution < 1.29 is 14.2 Å². The van der Waals surface area contributed by atoms with Gasteiger partial charge >= 0.3 is 0 Å². The van der Waals surface area contributed by atoms with E-state index in [4.69, 9.17) is 19.3 Å². The SMILES string of the molecule is COc1cc(-c2cc3n(n2)CCNC3CCc2ccccc2)cc(OC)c1OC. The first-order valence-corrected chi connectivity index (χ1v) is 9.89. The van der Waals surface area contributed by atoms with Gasteiger partial charge in [0.25, 0.3) is 0 Å². The Labute approximate surface area is 171 Å². The van der Waals surface area contributed by atoms with Crippen LogP contribution in [-0.4, -0.2) is 37.7 Å². The molecule has 29 heavy (non-hydrogen) atoms. The van der Waals surface area contributed by atoms with Crippen molar-refractivity contribution in [2.24, 2.45) is 0 Å². The third-order valence-corrected chi connectivity index (χ3v) is 5.41. The van der Waals surface area contributed by atoms with Crippen molar-refractivity contribution in [3.05, 3.63) is 59.8 Å². The van der Waals surface area contributed by atoms with Crippen LogP contribution in [0.3, 0.4) is 0 Å². The second-order valence-corrected chi connectivity index (χ2v) is 7.12. The number of aromatic nitrogens is 2. The zero-order chi connectivity index (χ0) is 20.2. The normalized spacial score (nSPS) is 15.6. The predicted octanol–water partition coefficient (Wildman–Crippen LogP) is 3.85. The van der Waals surface area contributed by atoms with E-state index in [-0.39, 0.29) is 6.04 Å². The first-order valence-electron chi connectivity index (χ1n) is 9.89. The highest BCUT2D eigenvalue weighted by Gasteiger charge is 2.23. The van der Waals surface area contributed by atoms with Gasteiger partial charge in [-0.05, 0) is 36.6 Å². The number of rotatable bonds is 7. The maximum atomic E-state index is 5.50. The zero-order valence-corrected chi connectivity index (χ0v) is 17.1. The number of hydrogen-bond acceptors (Lipinski definition) is 5. The van der Waals surface area contributed by atoms with Crippen molar-refractivity contribution in [1.82, 2.24) is 15.1 Å². The molecule has 2 aromatic carbocycles. The lowest BCUT2D eigenvalue weighted by molar-refractivity contribution is 0.324. The minimum absolute atomic E-state index is 0.284. The molecule has 4 rings (SSSR count). The van der Waals surface area contributed by atoms with Gasteiger partial charge in [0.2, 0.25) is 5.75 Å². The van der Waals surface area contributed by atoms with E-state index in [0.717, 1.165) is 37.2 Å². The molecule has 1 aliphatic rings. The van der Waals surface area contributed by atoms with Crippen LogP contribution in [-0.2, 0) is 13.0 Å². The fraction of sp³-hybridized carbons (Fsp3) is 0.348. The van der Waals surface area contributed by atoms with Crippen LogP contribution in [0.1, 0.15) is 23.7 Å². The second-order valence-electron chi connectivity index (χ2n) is 7.12. The molecule has 1 aliphatic heterocycles. The topological polar surface area (TPSA) is 57.5 Å². The summed E-state index contributed by atoms with van der Waals surface area (Å²) in [6.07, 6.45) is 2.06. The van der Waals surface area contributed by atoms with Gasteiger partial charge in [0.1, 0.15) is 0 Å². The first kappa shape index (κ1) is 19.3. The molecule has 0 amide bonds. The molecule has 0 saturated heterocycles. The monoisotopic (exact) mass is 393 g/mol. The molecule has 3 aromatic rings. The molecular formula is C23H27N3O3. The Morgan fingerprint density at radius 1 is 1.00 bits per heavy atom. The molecule has 1 aromatic heterocycles. The molecule has 0 fully saturated rings. The summed E-state index contributed by atoms with van der Waals surface area (Å²) >= 11 is 0. The molecule has 2 heterocycles. The highest BCUT2D eigenvalue weighted by atomic mass is 16.5. The van der Waals surface area contributed by atoms with Crippen molar-refractivity contribution in [3.63, 3.8) is 0 Å². The predicted molar refractivity (Wildman–Crippen MR) is 113 cm³/mol. The minimum atomic E-state index is 0.284. The van der Waals surface area contributed by atoms with Crippen LogP contribution in [0.15, 0.2) is 48.5 Å². The quantitative estimate of drug-likeness (QED) is 0.661. The van der Waals surface area contributed by atoms with Crippen molar-refractivity contribution >= 4 is 0 Å². The summed E-state index contributed by atoms with van der Waals surface area (Å²) < 4.78 is 18.6. The highest BCUT2D eigenvalue weighted by Crippen LogP contribution is 2.41. The number of fused-ring (bicyclic) bond motifs is 1. The summed E-state index contributed by atoms with van der Waals surface area (Å²) in [6, 6.07) is 17.0. The van der Waals surface area contributed by atoms with Gasteiger partial charge in [0.15, 0.2) is 11.5 Å². The Bertz CT molecular complexity index is 944. The Hall–Kier alpha value is -2.99. The molecular weight excluding hydrogens is 366 g/mol. The third kappa shape index (κ3) is 3.93. The van der Waals surface area contributed by atoms with E-state index in [9.17, 15) is 0 Å². The lowest BCUT2D eigenvalue weighted by atomic mass is 10.0. The fourth-order valence-corrected chi connectivity index (χ4v) is 3.92. The van der Waals surface area contributed by atoms with Crippen molar-refractivity contribution in [1.29, 1.82) is 0 Å². The van der Waals surface area contributed by atoms with E-state index in [2.05, 4.69) is 46.4 Å². The van der Waals surface area contributed by atoms with Gasteiger partial charge in [-0.1, -0.05) is 30.3 Å². The van der Waals surface area contributed by atoms with Crippen LogP contribution in [0.4, 0.5) is 0 Å². The summed E-state index contributed by atoms with van der Waals surface area (Å²) in [7, 11) is 4.87. The van der Waals surface area contributed by atoms with Crippen LogP contribution >= 0.6 is 0 Å². The second kappa shape index (κ2) is 8.57. The van der Waals surface area contributed by atoms with Crippen molar-refractivity contribution in [2.45, 2.75) is 25.4 Å². The summed E-state index contributed by atoms with van der Waals surface area (Å²) in [5.74, 6) is 1.85. The number of benzene rings is 2. The highest BCUT2D eigenvalue weighted by molar-refractivity contribution is 5.69. The van der Waals surface area contributed by atoms with E-state index < -0.39 is 0 Å². The summed E-state index contributed by atoms with van der Waals surface area (Å²) in [5.41, 5.74) is 4.43. The fourth-order valence-electron chi connectivity index (χ4n) is 3.92. The minimum Gasteiger partial charge on any atom is -0.493 e. The summed E-state index contributed by atoms with van der Waals surface area (Å²) in [6.45, 7) is 1.78. The molecule has 1 atom stereocenters. The first-order chi connectivity index (χ1) is 14.2. The molecule has 6 nitrogen and oxygen atoms in total. The van der Waals surface area contributed by atoms with Gasteiger partial charge in [-0.25, -0.2) is 0 Å². The van der Waals surface area contributed by atoms with Gasteiger partial charge < -0.3 is 19.5 Å². The van der Waals surface area contributed by atoms with Gasteiger partial charge in [-0.15, -0.1) is 0 Å². The van der Waals surface area contributed by atoms with Crippen LogP contribution in [0, 0.1) is 0 Å². The van der Waals surface area contributed by atoms with E-state index in [0.29, 0.717) is 17.2 Å². The lowest BCUT2D eigenvalue weighted by Gasteiger charge is -2.25. The Morgan fingerprint density at radius 2 is 1.72 bits per heavy atom. The van der Waals surface area contributed by atoms with Crippen molar-refractivity contribution in [2.75, 3.05) is 27.9 Å². The van der Waals surface area contributed by atoms with Gasteiger partial charge in [-0.2, -0.15) is 5.10 Å². The number of hydrogen-bond donors (Lipinski definition) is 1. The lowest BCUT2D eigenvalue weighted by Crippen LogP contribution is -2.33. The zero-order valence-electron chi connectivity index (χ0n) is 17.1. The van der Waals surface area contributed by atoms with Crippen LogP contribution in [0.25, 0.3) is 11.3 Å². The maximum Gasteiger partial charge on any atom is 0.203 e. The molecule has 1 N–H and O–H groups in total. The number of aryl methyl sites for hydroxylation is 1. The molecule has 0 aliphatic carbocycles. The van der Waals surface area contributed by atoms with E-state index in [1.807, 2.05) is 12.1 Å². The summed E-state index contributed by atoms with van der Waals surface area (Å²) in [4.78, 5) is 0. The molecule has 152 valence electrons. The Morgan fingerprint density at radius 3 is 2.38 bits per heavy atom. The number of nitrogens with zero attached hydrogens (tertiary/aromatic N) is 2. The van der Waals surface area contributed by atoms with E-state index in [1.165, 1.54) is 11.3 Å². The smallest absolute Gasteiger partial charge is 0.203 e. The number of ether oxygens (including phenoxy) is 3. The van der Waals surface area contributed by atoms with Gasteiger partial charge in [-0.3, -0.25) is 4.68 Å². The molecule has 1 unspecified atom stereocenters. The third-order valence-electron chi connectivity index (χ3n) is 5.41. The number of nitrogens with one attached hydrogen (secondary N) is 1. The molecule has 0 radical (unpaired) electrons. The van der Waals surface area contributed by atoms with E-state index in [1.54, 1.807) is 21.3 Å². The molecule has 0 saturated carbocycles. The van der Waals surface area contributed by atoms with Crippen molar-refractivity contribution in [3.8, 4) is 28.5 Å². The number of methoxy groups -OCH3 is 3. The average Bonchev–Trinajstić information content (AvgIpc) is 3.22. The standard InChI is InChI=1S/C23H27N3O3/c1-27-21-13-17(14-22(28-2)23(21)29-3)19-15-20-18(24-11-12-26(20)25-19)10-9-16-7-5-4-6-8-16/h4-8,13-15,18,24H,9-12H2,1-3H3. The van der Waals surface area contributed by atoms with Gasteiger partial charge in [0, 0.05) is 18.2 Å². The molecule has 0 spiro atoms. The van der Waals surface area contributed by atoms with Crippen LogP contribution < -0.4 is 19.5 Å². The maximum absolute atomic E-state index is 5.50. The molecule has 0 bridgehead atoms. The average molecular weight is 393 g/mol.